The number of cyclic esters (lactones) is 1. The maximum atomic E-state index is 11.8. The lowest BCUT2D eigenvalue weighted by atomic mass is 9.81. The standard InChI is InChI=1S/C32H53NO6/c1-9-10-14-21(3)30(39-32(33)37)26(8)29(35)24(6)18-20(2)17-22(4)27(34)15-12-11-13-16-28-23(5)19-25(7)31(36)38-28/h9-12,14,17,21-30,34-35H,1,13,15-16,18-19H2,2-8H3,(H2,33,37)/b12-11+,14-10+,20-17-. The molecule has 0 aromatic heterocycles. The van der Waals surface area contributed by atoms with Crippen molar-refractivity contribution in [3.63, 3.8) is 0 Å². The van der Waals surface area contributed by atoms with E-state index in [0.29, 0.717) is 18.8 Å². The lowest BCUT2D eigenvalue weighted by Crippen LogP contribution is -2.41. The highest BCUT2D eigenvalue weighted by atomic mass is 16.6. The van der Waals surface area contributed by atoms with Crippen LogP contribution in [0.3, 0.4) is 0 Å². The molecule has 10 atom stereocenters. The number of rotatable bonds is 16. The quantitative estimate of drug-likeness (QED) is 0.122. The van der Waals surface area contributed by atoms with Gasteiger partial charge in [0.2, 0.25) is 0 Å². The molecule has 0 aliphatic carbocycles. The highest BCUT2D eigenvalue weighted by Crippen LogP contribution is 2.29. The van der Waals surface area contributed by atoms with Gasteiger partial charge in [0.25, 0.3) is 0 Å². The van der Waals surface area contributed by atoms with Crippen molar-refractivity contribution in [1.82, 2.24) is 0 Å². The Balaban J connectivity index is 2.59. The van der Waals surface area contributed by atoms with Crippen molar-refractivity contribution < 1.29 is 29.3 Å². The molecule has 0 radical (unpaired) electrons. The molecule has 1 aliphatic heterocycles. The second-order valence-corrected chi connectivity index (χ2v) is 11.7. The molecule has 0 aromatic rings. The predicted octanol–water partition coefficient (Wildman–Crippen LogP) is 6.11. The third-order valence-corrected chi connectivity index (χ3v) is 7.95. The molecule has 1 amide bonds. The number of amides is 1. The number of carbonyl (C=O) groups is 2. The van der Waals surface area contributed by atoms with Crippen molar-refractivity contribution in [2.45, 2.75) is 105 Å². The van der Waals surface area contributed by atoms with Crippen LogP contribution in [-0.4, -0.2) is 46.7 Å². The van der Waals surface area contributed by atoms with Gasteiger partial charge in [-0.2, -0.15) is 0 Å². The summed E-state index contributed by atoms with van der Waals surface area (Å²) in [6.45, 7) is 17.5. The van der Waals surface area contributed by atoms with Gasteiger partial charge < -0.3 is 25.4 Å². The number of nitrogens with two attached hydrogens (primary N) is 1. The molecule has 1 rings (SSSR count). The lowest BCUT2D eigenvalue weighted by Gasteiger charge is -2.33. The Bertz CT molecular complexity index is 865. The number of carbonyl (C=O) groups excluding carboxylic acids is 2. The van der Waals surface area contributed by atoms with Gasteiger partial charge in [0, 0.05) is 17.8 Å². The van der Waals surface area contributed by atoms with Gasteiger partial charge >= 0.3 is 12.1 Å². The molecule has 10 unspecified atom stereocenters. The first-order valence-corrected chi connectivity index (χ1v) is 14.4. The molecule has 7 nitrogen and oxygen atoms in total. The van der Waals surface area contributed by atoms with E-state index in [0.717, 1.165) is 24.8 Å². The topological polar surface area (TPSA) is 119 Å². The van der Waals surface area contributed by atoms with Gasteiger partial charge in [0.1, 0.15) is 12.2 Å². The second-order valence-electron chi connectivity index (χ2n) is 11.7. The van der Waals surface area contributed by atoms with Gasteiger partial charge in [-0.1, -0.05) is 90.2 Å². The molecule has 1 aliphatic rings. The summed E-state index contributed by atoms with van der Waals surface area (Å²) in [6.07, 6.45) is 12.4. The molecule has 0 aromatic carbocycles. The lowest BCUT2D eigenvalue weighted by molar-refractivity contribution is -0.164. The minimum absolute atomic E-state index is 0.0177. The minimum atomic E-state index is -0.861. The Morgan fingerprint density at radius 1 is 1.18 bits per heavy atom. The van der Waals surface area contributed by atoms with Crippen molar-refractivity contribution in [2.75, 3.05) is 0 Å². The fourth-order valence-corrected chi connectivity index (χ4v) is 5.52. The summed E-state index contributed by atoms with van der Waals surface area (Å²) in [7, 11) is 0. The van der Waals surface area contributed by atoms with E-state index in [2.05, 4.69) is 25.7 Å². The van der Waals surface area contributed by atoms with E-state index in [-0.39, 0.29) is 41.7 Å². The van der Waals surface area contributed by atoms with Crippen molar-refractivity contribution >= 4 is 12.1 Å². The first kappa shape index (κ1) is 34.6. The molecule has 0 bridgehead atoms. The molecule has 39 heavy (non-hydrogen) atoms. The van der Waals surface area contributed by atoms with Gasteiger partial charge in [-0.3, -0.25) is 4.79 Å². The summed E-state index contributed by atoms with van der Waals surface area (Å²) in [5, 5.41) is 21.7. The van der Waals surface area contributed by atoms with Crippen LogP contribution in [0.4, 0.5) is 4.79 Å². The number of hydrogen-bond donors (Lipinski definition) is 3. The van der Waals surface area contributed by atoms with E-state index < -0.39 is 24.4 Å². The monoisotopic (exact) mass is 547 g/mol. The molecule has 1 saturated heterocycles. The Labute approximate surface area is 236 Å². The smallest absolute Gasteiger partial charge is 0.404 e. The average molecular weight is 548 g/mol. The van der Waals surface area contributed by atoms with E-state index >= 15 is 0 Å². The van der Waals surface area contributed by atoms with Crippen molar-refractivity contribution in [3.05, 3.63) is 48.6 Å². The summed E-state index contributed by atoms with van der Waals surface area (Å²) in [6, 6.07) is 0. The summed E-state index contributed by atoms with van der Waals surface area (Å²) in [5.74, 6) is -0.359. The second kappa shape index (κ2) is 17.3. The number of hydrogen-bond acceptors (Lipinski definition) is 6. The van der Waals surface area contributed by atoms with Crippen molar-refractivity contribution in [3.8, 4) is 0 Å². The Hall–Kier alpha value is -2.38. The SMILES string of the molecule is C=C/C=C/C(C)C(OC(N)=O)C(C)C(O)C(C)C/C(C)=C\C(C)C(O)C/C=C/CCC1OC(=O)C(C)CC1C. The van der Waals surface area contributed by atoms with Gasteiger partial charge in [0.05, 0.1) is 18.1 Å². The van der Waals surface area contributed by atoms with Crippen LogP contribution in [0.1, 0.15) is 80.6 Å². The zero-order chi connectivity index (χ0) is 29.7. The zero-order valence-electron chi connectivity index (χ0n) is 25.1. The molecule has 4 N–H and O–H groups in total. The number of aliphatic hydroxyl groups excluding tert-OH is 2. The molecule has 0 saturated carbocycles. The Morgan fingerprint density at radius 2 is 1.85 bits per heavy atom. The van der Waals surface area contributed by atoms with E-state index in [4.69, 9.17) is 15.2 Å². The first-order valence-electron chi connectivity index (χ1n) is 14.4. The van der Waals surface area contributed by atoms with Gasteiger partial charge in [0.15, 0.2) is 0 Å². The average Bonchev–Trinajstić information content (AvgIpc) is 2.87. The number of allylic oxidation sites excluding steroid dienone is 4. The van der Waals surface area contributed by atoms with Crippen LogP contribution < -0.4 is 5.73 Å². The van der Waals surface area contributed by atoms with E-state index in [1.54, 1.807) is 12.2 Å². The van der Waals surface area contributed by atoms with Crippen LogP contribution in [0.2, 0.25) is 0 Å². The fourth-order valence-electron chi connectivity index (χ4n) is 5.52. The van der Waals surface area contributed by atoms with Gasteiger partial charge in [-0.15, -0.1) is 0 Å². The Kier molecular flexibility index (Phi) is 15.4. The molecule has 1 fully saturated rings. The van der Waals surface area contributed by atoms with Crippen LogP contribution in [0.25, 0.3) is 0 Å². The molecular weight excluding hydrogens is 494 g/mol. The highest BCUT2D eigenvalue weighted by Gasteiger charge is 2.34. The van der Waals surface area contributed by atoms with Crippen molar-refractivity contribution in [2.24, 2.45) is 41.2 Å². The highest BCUT2D eigenvalue weighted by molar-refractivity contribution is 5.73. The Morgan fingerprint density at radius 3 is 2.46 bits per heavy atom. The summed E-state index contributed by atoms with van der Waals surface area (Å²) in [4.78, 5) is 23.3. The van der Waals surface area contributed by atoms with Gasteiger partial charge in [-0.25, -0.2) is 4.79 Å². The third kappa shape index (κ3) is 12.1. The predicted molar refractivity (Wildman–Crippen MR) is 157 cm³/mol. The third-order valence-electron chi connectivity index (χ3n) is 7.95. The van der Waals surface area contributed by atoms with E-state index in [9.17, 15) is 19.8 Å². The maximum absolute atomic E-state index is 11.8. The molecule has 0 spiro atoms. The number of ether oxygens (including phenoxy) is 2. The maximum Gasteiger partial charge on any atom is 0.404 e. The zero-order valence-corrected chi connectivity index (χ0v) is 25.1. The first-order chi connectivity index (χ1) is 18.3. The van der Waals surface area contributed by atoms with Crippen LogP contribution in [0, 0.1) is 35.5 Å². The van der Waals surface area contributed by atoms with Crippen LogP contribution in [-0.2, 0) is 14.3 Å². The van der Waals surface area contributed by atoms with Crippen LogP contribution >= 0.6 is 0 Å². The molecule has 7 heteroatoms. The summed E-state index contributed by atoms with van der Waals surface area (Å²) in [5.41, 5.74) is 6.38. The van der Waals surface area contributed by atoms with E-state index in [1.165, 1.54) is 0 Å². The normalized spacial score (nSPS) is 25.9. The minimum Gasteiger partial charge on any atom is -0.462 e. The van der Waals surface area contributed by atoms with Crippen LogP contribution in [0.5, 0.6) is 0 Å². The van der Waals surface area contributed by atoms with E-state index in [1.807, 2.05) is 53.7 Å². The molecular formula is C32H53NO6. The summed E-state index contributed by atoms with van der Waals surface area (Å²) >= 11 is 0. The van der Waals surface area contributed by atoms with Crippen LogP contribution in [0.15, 0.2) is 48.6 Å². The fraction of sp³-hybridized carbons (Fsp3) is 0.688. The number of aliphatic hydroxyl groups is 2. The van der Waals surface area contributed by atoms with Gasteiger partial charge in [-0.05, 0) is 50.9 Å². The van der Waals surface area contributed by atoms with Crippen molar-refractivity contribution in [1.29, 1.82) is 0 Å². The number of esters is 1. The summed E-state index contributed by atoms with van der Waals surface area (Å²) < 4.78 is 10.9. The molecule has 222 valence electrons. The largest absolute Gasteiger partial charge is 0.462 e. The molecule has 1 heterocycles. The number of primary amides is 1.